The fourth-order valence-electron chi connectivity index (χ4n) is 4.31. The lowest BCUT2D eigenvalue weighted by Gasteiger charge is -2.34. The van der Waals surface area contributed by atoms with Gasteiger partial charge in [0.05, 0.1) is 18.8 Å². The van der Waals surface area contributed by atoms with Gasteiger partial charge >= 0.3 is 0 Å². The summed E-state index contributed by atoms with van der Waals surface area (Å²) in [6.07, 6.45) is -1.81. The molecular weight excluding hydrogens is 535 g/mol. The van der Waals surface area contributed by atoms with Crippen LogP contribution in [-0.4, -0.2) is 96.7 Å². The van der Waals surface area contributed by atoms with E-state index in [1.54, 1.807) is 24.3 Å². The summed E-state index contributed by atoms with van der Waals surface area (Å²) >= 11 is 0. The van der Waals surface area contributed by atoms with Gasteiger partial charge in [0.2, 0.25) is 0 Å². The molecule has 0 spiro atoms. The molecule has 1 aliphatic rings. The molecule has 36 heavy (non-hydrogen) atoms. The standard InChI is InChI=1S/C25H35F2N3O3.3ClH/c1-28(2)12-13-29(3)24-22(33-23(17-31)25(24)32)16-30(14-18-4-8-20(26)9-5-18)15-19-6-10-21(27)11-7-19;;;/h4-11,22-25,31-32H,12-17H2,1-3H3;3*1H/t22-,23+,24+,25-;;;/m1.../s1. The van der Waals surface area contributed by atoms with E-state index in [4.69, 9.17) is 4.74 Å². The smallest absolute Gasteiger partial charge is 0.123 e. The van der Waals surface area contributed by atoms with Crippen LogP contribution < -0.4 is 0 Å². The summed E-state index contributed by atoms with van der Waals surface area (Å²) in [4.78, 5) is 6.30. The highest BCUT2D eigenvalue weighted by Crippen LogP contribution is 2.27. The Kier molecular flexibility index (Phi) is 16.2. The van der Waals surface area contributed by atoms with Gasteiger partial charge < -0.3 is 19.8 Å². The third-order valence-corrected chi connectivity index (χ3v) is 6.13. The van der Waals surface area contributed by atoms with Gasteiger partial charge in [0.1, 0.15) is 23.8 Å². The van der Waals surface area contributed by atoms with Gasteiger partial charge in [0.15, 0.2) is 0 Å². The Bertz CT molecular complexity index is 818. The largest absolute Gasteiger partial charge is 0.394 e. The first-order chi connectivity index (χ1) is 15.8. The number of hydrogen-bond donors (Lipinski definition) is 2. The number of ether oxygens (including phenoxy) is 1. The van der Waals surface area contributed by atoms with Crippen molar-refractivity contribution in [2.75, 3.05) is 47.4 Å². The van der Waals surface area contributed by atoms with Gasteiger partial charge in [-0.05, 0) is 56.5 Å². The molecule has 0 unspecified atom stereocenters. The van der Waals surface area contributed by atoms with Crippen molar-refractivity contribution in [3.8, 4) is 0 Å². The van der Waals surface area contributed by atoms with Crippen molar-refractivity contribution in [2.45, 2.75) is 37.4 Å². The summed E-state index contributed by atoms with van der Waals surface area (Å²) in [6, 6.07) is 12.4. The van der Waals surface area contributed by atoms with E-state index in [0.717, 1.165) is 24.2 Å². The Morgan fingerprint density at radius 2 is 1.25 bits per heavy atom. The zero-order valence-corrected chi connectivity index (χ0v) is 23.2. The summed E-state index contributed by atoms with van der Waals surface area (Å²) in [5.41, 5.74) is 1.88. The van der Waals surface area contributed by atoms with Crippen LogP contribution in [-0.2, 0) is 17.8 Å². The van der Waals surface area contributed by atoms with E-state index >= 15 is 0 Å². The van der Waals surface area contributed by atoms with E-state index in [2.05, 4.69) is 14.7 Å². The molecule has 0 amide bonds. The van der Waals surface area contributed by atoms with Crippen molar-refractivity contribution in [1.29, 1.82) is 0 Å². The maximum absolute atomic E-state index is 13.4. The van der Waals surface area contributed by atoms with Gasteiger partial charge in [0.25, 0.3) is 0 Å². The van der Waals surface area contributed by atoms with E-state index in [9.17, 15) is 19.0 Å². The molecule has 2 N–H and O–H groups in total. The number of nitrogens with zero attached hydrogens (tertiary/aromatic N) is 3. The van der Waals surface area contributed by atoms with Crippen molar-refractivity contribution in [3.05, 3.63) is 71.3 Å². The average Bonchev–Trinajstić information content (AvgIpc) is 3.10. The van der Waals surface area contributed by atoms with Crippen molar-refractivity contribution in [3.63, 3.8) is 0 Å². The predicted octanol–water partition coefficient (Wildman–Crippen LogP) is 3.22. The molecular formula is C25H38Cl3F2N3O3. The quantitative estimate of drug-likeness (QED) is 0.431. The molecule has 3 rings (SSSR count). The van der Waals surface area contributed by atoms with Gasteiger partial charge in [0, 0.05) is 32.7 Å². The fourth-order valence-corrected chi connectivity index (χ4v) is 4.31. The number of aliphatic hydroxyl groups is 2. The van der Waals surface area contributed by atoms with Gasteiger partial charge in [-0.3, -0.25) is 9.80 Å². The SMILES string of the molecule is CN(C)CCN(C)[C@@H]1[C@H](O)[C@H](CO)O[C@@H]1CN(Cc1ccc(F)cc1)Cc1ccc(F)cc1.Cl.Cl.Cl. The molecule has 4 atom stereocenters. The number of halogens is 5. The van der Waals surface area contributed by atoms with Crippen molar-refractivity contribution in [1.82, 2.24) is 14.7 Å². The van der Waals surface area contributed by atoms with Gasteiger partial charge in [-0.1, -0.05) is 24.3 Å². The van der Waals surface area contributed by atoms with Crippen LogP contribution in [0.1, 0.15) is 11.1 Å². The van der Waals surface area contributed by atoms with Gasteiger partial charge in [-0.2, -0.15) is 0 Å². The zero-order valence-electron chi connectivity index (χ0n) is 20.8. The van der Waals surface area contributed by atoms with Crippen LogP contribution in [0, 0.1) is 11.6 Å². The highest BCUT2D eigenvalue weighted by molar-refractivity contribution is 5.86. The summed E-state index contributed by atoms with van der Waals surface area (Å²) < 4.78 is 32.9. The fraction of sp³-hybridized carbons (Fsp3) is 0.520. The number of hydrogen-bond acceptors (Lipinski definition) is 6. The minimum absolute atomic E-state index is 0. The van der Waals surface area contributed by atoms with Crippen LogP contribution in [0.15, 0.2) is 48.5 Å². The van der Waals surface area contributed by atoms with E-state index in [-0.39, 0.29) is 67.6 Å². The molecule has 0 saturated carbocycles. The second-order valence-electron chi connectivity index (χ2n) is 9.08. The van der Waals surface area contributed by atoms with Gasteiger partial charge in [-0.25, -0.2) is 8.78 Å². The first-order valence-electron chi connectivity index (χ1n) is 11.3. The molecule has 2 aromatic carbocycles. The minimum atomic E-state index is -0.814. The van der Waals surface area contributed by atoms with Crippen LogP contribution in [0.4, 0.5) is 8.78 Å². The highest BCUT2D eigenvalue weighted by atomic mass is 35.5. The van der Waals surface area contributed by atoms with Crippen molar-refractivity contribution < 1.29 is 23.7 Å². The molecule has 6 nitrogen and oxygen atoms in total. The predicted molar refractivity (Wildman–Crippen MR) is 145 cm³/mol. The first kappa shape index (κ1) is 34.9. The maximum Gasteiger partial charge on any atom is 0.123 e. The van der Waals surface area contributed by atoms with E-state index in [1.165, 1.54) is 24.3 Å². The summed E-state index contributed by atoms with van der Waals surface area (Å²) in [7, 11) is 5.95. The lowest BCUT2D eigenvalue weighted by Crippen LogP contribution is -2.51. The molecule has 0 aromatic heterocycles. The molecule has 206 valence electrons. The average molecular weight is 573 g/mol. The zero-order chi connectivity index (χ0) is 24.0. The molecule has 1 aliphatic heterocycles. The van der Waals surface area contributed by atoms with Crippen LogP contribution in [0.25, 0.3) is 0 Å². The molecule has 0 bridgehead atoms. The monoisotopic (exact) mass is 571 g/mol. The van der Waals surface area contributed by atoms with Gasteiger partial charge in [-0.15, -0.1) is 37.2 Å². The topological polar surface area (TPSA) is 59.4 Å². The third kappa shape index (κ3) is 10.0. The number of rotatable bonds is 11. The molecule has 0 radical (unpaired) electrons. The third-order valence-electron chi connectivity index (χ3n) is 6.13. The number of likely N-dealkylation sites (N-methyl/N-ethyl adjacent to an activating group) is 2. The minimum Gasteiger partial charge on any atom is -0.394 e. The molecule has 2 aromatic rings. The van der Waals surface area contributed by atoms with Crippen molar-refractivity contribution >= 4 is 37.2 Å². The van der Waals surface area contributed by atoms with Crippen molar-refractivity contribution in [2.24, 2.45) is 0 Å². The first-order valence-corrected chi connectivity index (χ1v) is 11.3. The molecule has 1 saturated heterocycles. The molecule has 1 fully saturated rings. The maximum atomic E-state index is 13.4. The Morgan fingerprint density at radius 1 is 0.778 bits per heavy atom. The van der Waals surface area contributed by atoms with Crippen LogP contribution in [0.3, 0.4) is 0 Å². The van der Waals surface area contributed by atoms with E-state index in [0.29, 0.717) is 19.6 Å². The van der Waals surface area contributed by atoms with E-state index in [1.807, 2.05) is 21.1 Å². The second kappa shape index (κ2) is 16.7. The van der Waals surface area contributed by atoms with E-state index < -0.39 is 12.2 Å². The molecule has 1 heterocycles. The molecule has 11 heteroatoms. The summed E-state index contributed by atoms with van der Waals surface area (Å²) in [5.74, 6) is -0.584. The normalized spacial score (nSPS) is 21.3. The highest BCUT2D eigenvalue weighted by Gasteiger charge is 2.45. The number of benzene rings is 2. The van der Waals surface area contributed by atoms with Crippen LogP contribution in [0.2, 0.25) is 0 Å². The van der Waals surface area contributed by atoms with Crippen LogP contribution >= 0.6 is 37.2 Å². The summed E-state index contributed by atoms with van der Waals surface area (Å²) in [6.45, 7) is 2.86. The van der Waals surface area contributed by atoms with Crippen LogP contribution in [0.5, 0.6) is 0 Å². The Labute approximate surface area is 231 Å². The Morgan fingerprint density at radius 3 is 1.67 bits per heavy atom. The Balaban J connectivity index is 0.00000408. The summed E-state index contributed by atoms with van der Waals surface area (Å²) in [5, 5.41) is 20.6. The lowest BCUT2D eigenvalue weighted by molar-refractivity contribution is -0.0323. The molecule has 0 aliphatic carbocycles. The second-order valence-corrected chi connectivity index (χ2v) is 9.08. The Hall–Kier alpha value is -1.07. The lowest BCUT2D eigenvalue weighted by atomic mass is 10.0. The number of aliphatic hydroxyl groups excluding tert-OH is 2.